The van der Waals surface area contributed by atoms with Gasteiger partial charge < -0.3 is 19.9 Å². The number of rotatable bonds is 7. The minimum Gasteiger partial charge on any atom is -0.444 e. The van der Waals surface area contributed by atoms with E-state index in [9.17, 15) is 9.59 Å². The van der Waals surface area contributed by atoms with Gasteiger partial charge in [0.15, 0.2) is 0 Å². The van der Waals surface area contributed by atoms with Crippen molar-refractivity contribution in [1.82, 2.24) is 10.2 Å². The van der Waals surface area contributed by atoms with Crippen molar-refractivity contribution in [2.45, 2.75) is 64.5 Å². The van der Waals surface area contributed by atoms with E-state index >= 15 is 0 Å². The largest absolute Gasteiger partial charge is 0.444 e. The Kier molecular flexibility index (Phi) is 7.72. The Labute approximate surface area is 215 Å². The molecule has 192 valence electrons. The minimum atomic E-state index is -0.512. The van der Waals surface area contributed by atoms with Crippen molar-refractivity contribution in [3.8, 4) is 0 Å². The van der Waals surface area contributed by atoms with Crippen LogP contribution < -0.4 is 10.2 Å². The summed E-state index contributed by atoms with van der Waals surface area (Å²) in [6.45, 7) is 6.76. The molecule has 6 nitrogen and oxygen atoms in total. The zero-order chi connectivity index (χ0) is 25.9. The molecule has 0 radical (unpaired) electrons. The van der Waals surface area contributed by atoms with Crippen LogP contribution in [-0.4, -0.2) is 49.7 Å². The zero-order valence-electron chi connectivity index (χ0n) is 22.3. The Balaban J connectivity index is 1.45. The normalized spacial score (nSPS) is 16.9. The molecule has 0 saturated carbocycles. The van der Waals surface area contributed by atoms with Gasteiger partial charge in [0, 0.05) is 39.3 Å². The molecular weight excluding hydrogens is 450 g/mol. The first-order chi connectivity index (χ1) is 17.1. The highest BCUT2D eigenvalue weighted by molar-refractivity contribution is 5.83. The van der Waals surface area contributed by atoms with E-state index < -0.39 is 11.7 Å². The number of fused-ring (bicyclic) bond motifs is 2. The lowest BCUT2D eigenvalue weighted by atomic mass is 9.88. The van der Waals surface area contributed by atoms with E-state index in [0.29, 0.717) is 13.0 Å². The monoisotopic (exact) mass is 489 g/mol. The van der Waals surface area contributed by atoms with Gasteiger partial charge in [-0.3, -0.25) is 4.79 Å². The van der Waals surface area contributed by atoms with Crippen LogP contribution >= 0.6 is 0 Å². The standard InChI is InChI=1S/C30H39N3O3/c1-30(2,3)36-29(35)31-18-9-8-12-27(34)33-19-17-25-24-11-7-6-10-22(24)20-26(25)28(33)21-13-15-23(16-14-21)32(4)5/h6-7,10-11,13-16,28H,8-9,12,17-20H2,1-5H3,(H,31,35). The predicted molar refractivity (Wildman–Crippen MR) is 145 cm³/mol. The van der Waals surface area contributed by atoms with Crippen molar-refractivity contribution in [1.29, 1.82) is 0 Å². The molecule has 2 amide bonds. The number of benzene rings is 2. The average Bonchev–Trinajstić information content (AvgIpc) is 3.20. The number of anilines is 1. The lowest BCUT2D eigenvalue weighted by Crippen LogP contribution is -2.39. The fraction of sp³-hybridized carbons (Fsp3) is 0.467. The van der Waals surface area contributed by atoms with E-state index in [4.69, 9.17) is 4.74 Å². The fourth-order valence-electron chi connectivity index (χ4n) is 5.21. The maximum atomic E-state index is 13.5. The number of hydrogen-bond donors (Lipinski definition) is 1. The predicted octanol–water partition coefficient (Wildman–Crippen LogP) is 5.73. The molecule has 0 fully saturated rings. The van der Waals surface area contributed by atoms with Gasteiger partial charge in [0.05, 0.1) is 6.04 Å². The van der Waals surface area contributed by atoms with Gasteiger partial charge in [-0.25, -0.2) is 4.79 Å². The van der Waals surface area contributed by atoms with Gasteiger partial charge >= 0.3 is 6.09 Å². The topological polar surface area (TPSA) is 61.9 Å². The second-order valence-electron chi connectivity index (χ2n) is 10.9. The van der Waals surface area contributed by atoms with Crippen molar-refractivity contribution in [2.24, 2.45) is 0 Å². The summed E-state index contributed by atoms with van der Waals surface area (Å²) in [6.07, 6.45) is 3.31. The van der Waals surface area contributed by atoms with Crippen molar-refractivity contribution in [2.75, 3.05) is 32.1 Å². The number of nitrogens with one attached hydrogen (secondary N) is 1. The first-order valence-corrected chi connectivity index (χ1v) is 13.0. The van der Waals surface area contributed by atoms with E-state index in [1.165, 1.54) is 27.8 Å². The smallest absolute Gasteiger partial charge is 0.407 e. The van der Waals surface area contributed by atoms with Crippen LogP contribution in [0.15, 0.2) is 54.1 Å². The molecule has 0 spiro atoms. The molecule has 1 N–H and O–H groups in total. The molecule has 6 heteroatoms. The molecule has 2 aromatic carbocycles. The first-order valence-electron chi connectivity index (χ1n) is 13.0. The van der Waals surface area contributed by atoms with E-state index in [2.05, 4.69) is 63.6 Å². The SMILES string of the molecule is CN(C)c1ccc(C2C3=C(CCN2C(=O)CCCCNC(=O)OC(C)(C)C)c2ccccc2C3)cc1. The van der Waals surface area contributed by atoms with Crippen LogP contribution in [0.3, 0.4) is 0 Å². The maximum Gasteiger partial charge on any atom is 0.407 e. The van der Waals surface area contributed by atoms with Crippen molar-refractivity contribution >= 4 is 23.3 Å². The van der Waals surface area contributed by atoms with Crippen molar-refractivity contribution in [3.63, 3.8) is 0 Å². The Morgan fingerprint density at radius 2 is 1.78 bits per heavy atom. The number of amides is 2. The van der Waals surface area contributed by atoms with Gasteiger partial charge in [-0.2, -0.15) is 0 Å². The van der Waals surface area contributed by atoms with Gasteiger partial charge in [0.2, 0.25) is 5.91 Å². The Morgan fingerprint density at radius 3 is 2.47 bits per heavy atom. The van der Waals surface area contributed by atoms with Gasteiger partial charge in [-0.05, 0) is 86.4 Å². The lowest BCUT2D eigenvalue weighted by molar-refractivity contribution is -0.133. The van der Waals surface area contributed by atoms with E-state index in [0.717, 1.165) is 37.9 Å². The molecule has 1 atom stereocenters. The number of hydrogen-bond acceptors (Lipinski definition) is 4. The van der Waals surface area contributed by atoms with Gasteiger partial charge in [-0.15, -0.1) is 0 Å². The Morgan fingerprint density at radius 1 is 1.06 bits per heavy atom. The van der Waals surface area contributed by atoms with Gasteiger partial charge in [0.1, 0.15) is 5.60 Å². The van der Waals surface area contributed by atoms with Crippen molar-refractivity contribution < 1.29 is 14.3 Å². The number of ether oxygens (including phenoxy) is 1. The van der Waals surface area contributed by atoms with Crippen molar-refractivity contribution in [3.05, 3.63) is 70.8 Å². The lowest BCUT2D eigenvalue weighted by Gasteiger charge is -2.38. The van der Waals surface area contributed by atoms with Gasteiger partial charge in [0.25, 0.3) is 0 Å². The van der Waals surface area contributed by atoms with Crippen LogP contribution in [0.4, 0.5) is 10.5 Å². The molecule has 4 rings (SSSR count). The molecule has 0 aromatic heterocycles. The fourth-order valence-corrected chi connectivity index (χ4v) is 5.21. The summed E-state index contributed by atoms with van der Waals surface area (Å²) >= 11 is 0. The summed E-state index contributed by atoms with van der Waals surface area (Å²) in [5.74, 6) is 0.177. The number of carbonyl (C=O) groups is 2. The molecule has 2 aliphatic rings. The third kappa shape index (κ3) is 5.92. The van der Waals surface area contributed by atoms with Crippen LogP contribution in [0.2, 0.25) is 0 Å². The summed E-state index contributed by atoms with van der Waals surface area (Å²) in [5, 5.41) is 2.78. The second kappa shape index (κ2) is 10.8. The van der Waals surface area contributed by atoms with Crippen LogP contribution in [0.1, 0.15) is 69.2 Å². The second-order valence-corrected chi connectivity index (χ2v) is 10.9. The summed E-state index contributed by atoms with van der Waals surface area (Å²) in [7, 11) is 4.08. The summed E-state index contributed by atoms with van der Waals surface area (Å²) in [5.41, 5.74) is 7.29. The summed E-state index contributed by atoms with van der Waals surface area (Å²) < 4.78 is 5.28. The summed E-state index contributed by atoms with van der Waals surface area (Å²) in [4.78, 5) is 29.5. The number of unbranched alkanes of at least 4 members (excludes halogenated alkanes) is 1. The molecule has 1 aliphatic heterocycles. The van der Waals surface area contributed by atoms with E-state index in [1.54, 1.807) is 0 Å². The molecule has 0 bridgehead atoms. The highest BCUT2D eigenvalue weighted by Crippen LogP contribution is 2.47. The first kappa shape index (κ1) is 25.8. The number of alkyl carbamates (subject to hydrolysis) is 1. The Bertz CT molecular complexity index is 1130. The maximum absolute atomic E-state index is 13.5. The van der Waals surface area contributed by atoms with E-state index in [-0.39, 0.29) is 11.9 Å². The number of carbonyl (C=O) groups excluding carboxylic acids is 2. The van der Waals surface area contributed by atoms with Crippen LogP contribution in [0.5, 0.6) is 0 Å². The van der Waals surface area contributed by atoms with Crippen LogP contribution in [-0.2, 0) is 16.0 Å². The quantitative estimate of drug-likeness (QED) is 0.505. The van der Waals surface area contributed by atoms with E-state index in [1.807, 2.05) is 34.9 Å². The molecule has 0 saturated heterocycles. The highest BCUT2D eigenvalue weighted by atomic mass is 16.6. The minimum absolute atomic E-state index is 0.0373. The third-order valence-corrected chi connectivity index (χ3v) is 6.89. The van der Waals surface area contributed by atoms with Crippen LogP contribution in [0.25, 0.3) is 5.57 Å². The molecular formula is C30H39N3O3. The third-order valence-electron chi connectivity index (χ3n) is 6.89. The summed E-state index contributed by atoms with van der Waals surface area (Å²) in [6, 6.07) is 17.2. The average molecular weight is 490 g/mol. The zero-order valence-corrected chi connectivity index (χ0v) is 22.3. The van der Waals surface area contributed by atoms with Crippen LogP contribution in [0, 0.1) is 0 Å². The molecule has 1 heterocycles. The Hall–Kier alpha value is -3.28. The highest BCUT2D eigenvalue weighted by Gasteiger charge is 2.37. The molecule has 36 heavy (non-hydrogen) atoms. The molecule has 1 unspecified atom stereocenters. The van der Waals surface area contributed by atoms with Gasteiger partial charge in [-0.1, -0.05) is 36.4 Å². The molecule has 2 aromatic rings. The number of nitrogens with zero attached hydrogens (tertiary/aromatic N) is 2. The molecule has 1 aliphatic carbocycles.